The minimum absolute atomic E-state index is 0.0338. The van der Waals surface area contributed by atoms with Crippen molar-refractivity contribution in [2.45, 2.75) is 26.7 Å². The normalized spacial score (nSPS) is 14.6. The molecule has 1 aliphatic heterocycles. The summed E-state index contributed by atoms with van der Waals surface area (Å²) in [5.74, 6) is 0.105. The van der Waals surface area contributed by atoms with E-state index in [4.69, 9.17) is 0 Å². The van der Waals surface area contributed by atoms with E-state index in [-0.39, 0.29) is 11.8 Å². The zero-order valence-corrected chi connectivity index (χ0v) is 18.2. The fourth-order valence-corrected chi connectivity index (χ4v) is 4.79. The van der Waals surface area contributed by atoms with Crippen LogP contribution in [0.4, 0.5) is 0 Å². The van der Waals surface area contributed by atoms with E-state index in [0.29, 0.717) is 38.2 Å². The third-order valence-electron chi connectivity index (χ3n) is 5.49. The molecule has 0 N–H and O–H groups in total. The van der Waals surface area contributed by atoms with E-state index in [1.807, 2.05) is 45.5 Å². The smallest absolute Gasteiger partial charge is 0.253 e. The average Bonchev–Trinajstić information content (AvgIpc) is 3.24. The monoisotopic (exact) mass is 422 g/mol. The lowest BCUT2D eigenvalue weighted by Crippen LogP contribution is -2.38. The maximum absolute atomic E-state index is 12.9. The summed E-state index contributed by atoms with van der Waals surface area (Å²) in [4.78, 5) is 34.0. The summed E-state index contributed by atoms with van der Waals surface area (Å²) in [6.45, 7) is 6.57. The molecule has 6 nitrogen and oxygen atoms in total. The highest BCUT2D eigenvalue weighted by atomic mass is 32.1. The predicted octanol–water partition coefficient (Wildman–Crippen LogP) is 3.47. The highest BCUT2D eigenvalue weighted by Crippen LogP contribution is 2.21. The second-order valence-electron chi connectivity index (χ2n) is 7.64. The first-order valence-electron chi connectivity index (χ1n) is 10.2. The van der Waals surface area contributed by atoms with Crippen LogP contribution < -0.4 is 0 Å². The van der Waals surface area contributed by atoms with Crippen molar-refractivity contribution in [2.24, 2.45) is 0 Å². The lowest BCUT2D eigenvalue weighted by atomic mass is 10.2. The van der Waals surface area contributed by atoms with Gasteiger partial charge in [0.25, 0.3) is 5.91 Å². The van der Waals surface area contributed by atoms with E-state index < -0.39 is 0 Å². The Morgan fingerprint density at radius 1 is 0.933 bits per heavy atom. The molecule has 1 saturated heterocycles. The van der Waals surface area contributed by atoms with Crippen molar-refractivity contribution in [3.8, 4) is 5.13 Å². The van der Waals surface area contributed by atoms with Crippen LogP contribution in [0.2, 0.25) is 0 Å². The van der Waals surface area contributed by atoms with Gasteiger partial charge in [-0.3, -0.25) is 14.2 Å². The molecule has 0 bridgehead atoms. The Kier molecular flexibility index (Phi) is 5.99. The van der Waals surface area contributed by atoms with Gasteiger partial charge in [0.2, 0.25) is 5.91 Å². The maximum Gasteiger partial charge on any atom is 0.253 e. The van der Waals surface area contributed by atoms with Gasteiger partial charge in [-0.15, -0.1) is 11.3 Å². The van der Waals surface area contributed by atoms with Gasteiger partial charge in [0.05, 0.1) is 12.1 Å². The highest BCUT2D eigenvalue weighted by molar-refractivity contribution is 7.12. The number of hydrogen-bond donors (Lipinski definition) is 0. The lowest BCUT2D eigenvalue weighted by Gasteiger charge is -2.22. The summed E-state index contributed by atoms with van der Waals surface area (Å²) < 4.78 is 2.11. The summed E-state index contributed by atoms with van der Waals surface area (Å²) in [5, 5.41) is 2.86. The van der Waals surface area contributed by atoms with Crippen molar-refractivity contribution < 1.29 is 9.59 Å². The minimum atomic E-state index is 0.0338. The molecule has 0 atom stereocenters. The molecular formula is C23H26N4O2S. The van der Waals surface area contributed by atoms with Gasteiger partial charge in [0.15, 0.2) is 5.13 Å². The van der Waals surface area contributed by atoms with Crippen LogP contribution in [-0.2, 0) is 11.2 Å². The van der Waals surface area contributed by atoms with Crippen molar-refractivity contribution in [3.63, 3.8) is 0 Å². The standard InChI is InChI=1S/C23H26N4O2S/c1-17-9-10-18(2)27(17)23-24-20(16-30-23)15-21(28)25-11-6-12-26(14-13-25)22(29)19-7-4-3-5-8-19/h3-5,7-10,16H,6,11-15H2,1-2H3. The Bertz CT molecular complexity index is 1020. The topological polar surface area (TPSA) is 58.4 Å². The van der Waals surface area contributed by atoms with Crippen LogP contribution in [-0.4, -0.2) is 57.3 Å². The van der Waals surface area contributed by atoms with Crippen LogP contribution in [0.25, 0.3) is 5.13 Å². The van der Waals surface area contributed by atoms with Crippen LogP contribution in [0.5, 0.6) is 0 Å². The Morgan fingerprint density at radius 2 is 1.60 bits per heavy atom. The number of benzene rings is 1. The van der Waals surface area contributed by atoms with E-state index in [1.54, 1.807) is 11.3 Å². The Labute approximate surface area is 180 Å². The van der Waals surface area contributed by atoms with Crippen molar-refractivity contribution in [1.29, 1.82) is 0 Å². The third-order valence-corrected chi connectivity index (χ3v) is 6.37. The van der Waals surface area contributed by atoms with Crippen molar-refractivity contribution >= 4 is 23.2 Å². The van der Waals surface area contributed by atoms with Crippen LogP contribution in [0, 0.1) is 13.8 Å². The minimum Gasteiger partial charge on any atom is -0.341 e. The number of nitrogens with zero attached hydrogens (tertiary/aromatic N) is 4. The van der Waals surface area contributed by atoms with Gasteiger partial charge in [-0.1, -0.05) is 18.2 Å². The SMILES string of the molecule is Cc1ccc(C)n1-c1nc(CC(=O)N2CCCN(C(=O)c3ccccc3)CC2)cs1. The van der Waals surface area contributed by atoms with E-state index >= 15 is 0 Å². The molecule has 0 aliphatic carbocycles. The molecule has 2 amide bonds. The molecule has 0 unspecified atom stereocenters. The van der Waals surface area contributed by atoms with Gasteiger partial charge in [-0.25, -0.2) is 4.98 Å². The summed E-state index contributed by atoms with van der Waals surface area (Å²) in [5.41, 5.74) is 3.77. The number of amides is 2. The highest BCUT2D eigenvalue weighted by Gasteiger charge is 2.23. The van der Waals surface area contributed by atoms with Gasteiger partial charge in [0.1, 0.15) is 0 Å². The number of aryl methyl sites for hydroxylation is 2. The summed E-state index contributed by atoms with van der Waals surface area (Å²) >= 11 is 1.56. The maximum atomic E-state index is 12.9. The summed E-state index contributed by atoms with van der Waals surface area (Å²) in [6, 6.07) is 13.5. The van der Waals surface area contributed by atoms with Gasteiger partial charge in [-0.05, 0) is 44.5 Å². The third kappa shape index (κ3) is 4.31. The summed E-state index contributed by atoms with van der Waals surface area (Å²) in [6.07, 6.45) is 1.08. The molecular weight excluding hydrogens is 396 g/mol. The van der Waals surface area contributed by atoms with E-state index in [1.165, 1.54) is 0 Å². The molecule has 156 valence electrons. The van der Waals surface area contributed by atoms with Gasteiger partial charge in [-0.2, -0.15) is 0 Å². The molecule has 2 aromatic heterocycles. The fraction of sp³-hybridized carbons (Fsp3) is 0.348. The largest absolute Gasteiger partial charge is 0.341 e. The zero-order chi connectivity index (χ0) is 21.1. The number of aromatic nitrogens is 2. The van der Waals surface area contributed by atoms with E-state index in [2.05, 4.69) is 35.5 Å². The molecule has 0 radical (unpaired) electrons. The molecule has 7 heteroatoms. The lowest BCUT2D eigenvalue weighted by molar-refractivity contribution is -0.130. The number of hydrogen-bond acceptors (Lipinski definition) is 4. The van der Waals surface area contributed by atoms with Crippen LogP contribution in [0.3, 0.4) is 0 Å². The Morgan fingerprint density at radius 3 is 2.33 bits per heavy atom. The quantitative estimate of drug-likeness (QED) is 0.647. The molecule has 1 fully saturated rings. The van der Waals surface area contributed by atoms with Gasteiger partial charge < -0.3 is 9.80 Å². The second-order valence-corrected chi connectivity index (χ2v) is 8.48. The first kappa shape index (κ1) is 20.3. The van der Waals surface area contributed by atoms with E-state index in [9.17, 15) is 9.59 Å². The van der Waals surface area contributed by atoms with Crippen LogP contribution in [0.15, 0.2) is 47.8 Å². The summed E-state index contributed by atoms with van der Waals surface area (Å²) in [7, 11) is 0. The molecule has 30 heavy (non-hydrogen) atoms. The zero-order valence-electron chi connectivity index (χ0n) is 17.4. The molecule has 1 aliphatic rings. The number of rotatable bonds is 4. The Hall–Kier alpha value is -2.93. The first-order valence-corrected chi connectivity index (χ1v) is 11.1. The predicted molar refractivity (Wildman–Crippen MR) is 118 cm³/mol. The van der Waals surface area contributed by atoms with Crippen molar-refractivity contribution in [2.75, 3.05) is 26.2 Å². The van der Waals surface area contributed by atoms with Crippen LogP contribution >= 0.6 is 11.3 Å². The number of carbonyl (C=O) groups excluding carboxylic acids is 2. The number of carbonyl (C=O) groups is 2. The molecule has 0 saturated carbocycles. The van der Waals surface area contributed by atoms with E-state index in [0.717, 1.165) is 28.6 Å². The fourth-order valence-electron chi connectivity index (χ4n) is 3.85. The molecule has 4 rings (SSSR count). The number of thiazole rings is 1. The molecule has 3 aromatic rings. The molecule has 3 heterocycles. The Balaban J connectivity index is 1.37. The molecule has 1 aromatic carbocycles. The van der Waals surface area contributed by atoms with Gasteiger partial charge >= 0.3 is 0 Å². The second kappa shape index (κ2) is 8.83. The van der Waals surface area contributed by atoms with Crippen molar-refractivity contribution in [3.05, 3.63) is 70.5 Å². The molecule has 0 spiro atoms. The van der Waals surface area contributed by atoms with Crippen molar-refractivity contribution in [1.82, 2.24) is 19.4 Å². The first-order chi connectivity index (χ1) is 14.5. The van der Waals surface area contributed by atoms with Gasteiger partial charge in [0, 0.05) is 48.5 Å². The average molecular weight is 423 g/mol. The van der Waals surface area contributed by atoms with Crippen LogP contribution in [0.1, 0.15) is 33.9 Å².